The molecule has 0 aliphatic carbocycles. The molecule has 7 aromatic carbocycles. The lowest BCUT2D eigenvalue weighted by molar-refractivity contribution is 1.18. The number of aromatic nitrogens is 1. The summed E-state index contributed by atoms with van der Waals surface area (Å²) >= 11 is 1.82. The molecule has 2 heterocycles. The maximum absolute atomic E-state index is 10.3. The molecular formula is C44H25N3S. The van der Waals surface area contributed by atoms with E-state index >= 15 is 0 Å². The normalized spacial score (nSPS) is 11.3. The van der Waals surface area contributed by atoms with E-state index in [4.69, 9.17) is 0 Å². The van der Waals surface area contributed by atoms with Gasteiger partial charge in [0.25, 0.3) is 0 Å². The molecule has 0 saturated heterocycles. The van der Waals surface area contributed by atoms with Gasteiger partial charge < -0.3 is 4.57 Å². The number of thiophene rings is 1. The smallest absolute Gasteiger partial charge is 0.0992 e. The standard InChI is InChI=1S/C44H25N3S/c45-26-28-14-16-42-39(20-28)37-10-4-6-12-41(37)47(42)36-19-29(27-46)18-32(24-36)35-22-33(30-8-2-1-3-9-30)21-34(23-35)31-15-17-44-40(25-31)38-11-5-7-13-43(38)48-44/h1-25H. The quantitative estimate of drug-likeness (QED) is 0.195. The van der Waals surface area contributed by atoms with Crippen molar-refractivity contribution in [3.05, 3.63) is 163 Å². The predicted octanol–water partition coefficient (Wildman–Crippen LogP) is 11.9. The van der Waals surface area contributed by atoms with Gasteiger partial charge in [-0.15, -0.1) is 11.3 Å². The lowest BCUT2D eigenvalue weighted by atomic mass is 9.92. The number of nitrogens with zero attached hydrogens (tertiary/aromatic N) is 3. The van der Waals surface area contributed by atoms with Gasteiger partial charge in [-0.1, -0.05) is 72.8 Å². The van der Waals surface area contributed by atoms with Crippen LogP contribution in [-0.4, -0.2) is 4.57 Å². The first-order valence-corrected chi connectivity index (χ1v) is 16.6. The van der Waals surface area contributed by atoms with Gasteiger partial charge >= 0.3 is 0 Å². The summed E-state index contributed by atoms with van der Waals surface area (Å²) in [6, 6.07) is 57.4. The molecule has 222 valence electrons. The fraction of sp³-hybridized carbons (Fsp3) is 0. The average molecular weight is 628 g/mol. The molecule has 0 bridgehead atoms. The van der Waals surface area contributed by atoms with Crippen LogP contribution < -0.4 is 0 Å². The Kier molecular flexibility index (Phi) is 6.44. The number of hydrogen-bond donors (Lipinski definition) is 0. The highest BCUT2D eigenvalue weighted by molar-refractivity contribution is 7.25. The summed E-state index contributed by atoms with van der Waals surface area (Å²) < 4.78 is 4.77. The number of para-hydroxylation sites is 1. The Morgan fingerprint density at radius 1 is 0.396 bits per heavy atom. The molecule has 4 heteroatoms. The van der Waals surface area contributed by atoms with Crippen molar-refractivity contribution in [3.8, 4) is 51.2 Å². The number of nitriles is 2. The van der Waals surface area contributed by atoms with Crippen molar-refractivity contribution < 1.29 is 0 Å². The van der Waals surface area contributed by atoms with E-state index in [0.29, 0.717) is 11.1 Å². The van der Waals surface area contributed by atoms with Gasteiger partial charge in [-0.3, -0.25) is 0 Å². The highest BCUT2D eigenvalue weighted by Gasteiger charge is 2.16. The second-order valence-electron chi connectivity index (χ2n) is 12.1. The molecule has 0 spiro atoms. The first kappa shape index (κ1) is 27.8. The van der Waals surface area contributed by atoms with Crippen molar-refractivity contribution in [2.24, 2.45) is 0 Å². The highest BCUT2D eigenvalue weighted by Crippen LogP contribution is 2.40. The molecule has 2 aromatic heterocycles. The van der Waals surface area contributed by atoms with Gasteiger partial charge in [-0.05, 0) is 112 Å². The molecule has 0 atom stereocenters. The summed E-state index contributed by atoms with van der Waals surface area (Å²) in [4.78, 5) is 0. The van der Waals surface area contributed by atoms with Gasteiger partial charge in [-0.25, -0.2) is 0 Å². The minimum atomic E-state index is 0.583. The van der Waals surface area contributed by atoms with Crippen molar-refractivity contribution in [3.63, 3.8) is 0 Å². The molecule has 0 aliphatic rings. The van der Waals surface area contributed by atoms with Crippen molar-refractivity contribution in [1.82, 2.24) is 4.57 Å². The van der Waals surface area contributed by atoms with E-state index in [-0.39, 0.29) is 0 Å². The summed E-state index contributed by atoms with van der Waals surface area (Å²) in [7, 11) is 0. The lowest BCUT2D eigenvalue weighted by Gasteiger charge is -2.14. The number of benzene rings is 7. The Morgan fingerprint density at radius 2 is 1.04 bits per heavy atom. The zero-order chi connectivity index (χ0) is 32.2. The van der Waals surface area contributed by atoms with Gasteiger partial charge in [0.15, 0.2) is 0 Å². The molecule has 3 nitrogen and oxygen atoms in total. The lowest BCUT2D eigenvalue weighted by Crippen LogP contribution is -1.96. The molecule has 9 rings (SSSR count). The Hall–Kier alpha value is -6.46. The molecule has 0 N–H and O–H groups in total. The maximum atomic E-state index is 10.3. The molecule has 0 unspecified atom stereocenters. The molecule has 0 saturated carbocycles. The van der Waals surface area contributed by atoms with E-state index in [2.05, 4.69) is 120 Å². The molecule has 48 heavy (non-hydrogen) atoms. The average Bonchev–Trinajstić information content (AvgIpc) is 3.69. The monoisotopic (exact) mass is 627 g/mol. The van der Waals surface area contributed by atoms with Crippen LogP contribution in [0.1, 0.15) is 11.1 Å². The number of rotatable bonds is 4. The molecular weight excluding hydrogens is 603 g/mol. The SMILES string of the molecule is N#Cc1cc(-c2cc(-c3ccccc3)cc(-c3ccc4sc5ccccc5c4c3)c2)cc(-n2c3ccccc3c3cc(C#N)ccc32)c1. The van der Waals surface area contributed by atoms with Crippen molar-refractivity contribution in [2.75, 3.05) is 0 Å². The number of fused-ring (bicyclic) bond motifs is 6. The largest absolute Gasteiger partial charge is 0.309 e. The van der Waals surface area contributed by atoms with Crippen LogP contribution in [0, 0.1) is 22.7 Å². The van der Waals surface area contributed by atoms with Gasteiger partial charge in [-0.2, -0.15) is 10.5 Å². The van der Waals surface area contributed by atoms with Crippen LogP contribution >= 0.6 is 11.3 Å². The molecule has 0 radical (unpaired) electrons. The van der Waals surface area contributed by atoms with Gasteiger partial charge in [0.2, 0.25) is 0 Å². The fourth-order valence-electron chi connectivity index (χ4n) is 6.96. The summed E-state index contributed by atoms with van der Waals surface area (Å²) in [6.07, 6.45) is 0. The van der Waals surface area contributed by atoms with Crippen LogP contribution in [0.25, 0.3) is 81.0 Å². The Labute approximate surface area is 281 Å². The van der Waals surface area contributed by atoms with Crippen molar-refractivity contribution in [1.29, 1.82) is 10.5 Å². The summed E-state index contributed by atoms with van der Waals surface area (Å²) in [5, 5.41) is 24.5. The minimum Gasteiger partial charge on any atom is -0.309 e. The third-order valence-corrected chi connectivity index (χ3v) is 10.3. The van der Waals surface area contributed by atoms with Gasteiger partial charge in [0.05, 0.1) is 34.3 Å². The third kappa shape index (κ3) is 4.56. The molecule has 9 aromatic rings. The zero-order valence-electron chi connectivity index (χ0n) is 25.7. The molecule has 0 aliphatic heterocycles. The van der Waals surface area contributed by atoms with Crippen LogP contribution in [0.5, 0.6) is 0 Å². The first-order chi connectivity index (χ1) is 23.7. The van der Waals surface area contributed by atoms with Gasteiger partial charge in [0.1, 0.15) is 0 Å². The van der Waals surface area contributed by atoms with Crippen LogP contribution in [-0.2, 0) is 0 Å². The highest BCUT2D eigenvalue weighted by atomic mass is 32.1. The van der Waals surface area contributed by atoms with E-state index in [1.807, 2.05) is 59.9 Å². The van der Waals surface area contributed by atoms with Gasteiger partial charge in [0, 0.05) is 36.6 Å². The van der Waals surface area contributed by atoms with E-state index in [1.165, 1.54) is 20.2 Å². The van der Waals surface area contributed by atoms with E-state index in [1.54, 1.807) is 0 Å². The zero-order valence-corrected chi connectivity index (χ0v) is 26.5. The summed E-state index contributed by atoms with van der Waals surface area (Å²) in [5.74, 6) is 0. The Balaban J connectivity index is 1.28. The van der Waals surface area contributed by atoms with E-state index < -0.39 is 0 Å². The second kappa shape index (κ2) is 11.1. The van der Waals surface area contributed by atoms with Crippen LogP contribution in [0.2, 0.25) is 0 Å². The molecule has 0 amide bonds. The van der Waals surface area contributed by atoms with Crippen LogP contribution in [0.15, 0.2) is 152 Å². The van der Waals surface area contributed by atoms with E-state index in [0.717, 1.165) is 60.9 Å². The fourth-order valence-corrected chi connectivity index (χ4v) is 8.04. The maximum Gasteiger partial charge on any atom is 0.0992 e. The van der Waals surface area contributed by atoms with Crippen molar-refractivity contribution >= 4 is 53.3 Å². The summed E-state index contributed by atoms with van der Waals surface area (Å²) in [5.41, 5.74) is 10.6. The van der Waals surface area contributed by atoms with Crippen LogP contribution in [0.4, 0.5) is 0 Å². The Morgan fingerprint density at radius 3 is 1.85 bits per heavy atom. The third-order valence-electron chi connectivity index (χ3n) is 9.19. The minimum absolute atomic E-state index is 0.583. The summed E-state index contributed by atoms with van der Waals surface area (Å²) in [6.45, 7) is 0. The van der Waals surface area contributed by atoms with Crippen molar-refractivity contribution in [2.45, 2.75) is 0 Å². The predicted molar refractivity (Wildman–Crippen MR) is 199 cm³/mol. The topological polar surface area (TPSA) is 52.5 Å². The van der Waals surface area contributed by atoms with E-state index in [9.17, 15) is 10.5 Å². The first-order valence-electron chi connectivity index (χ1n) is 15.8. The second-order valence-corrected chi connectivity index (χ2v) is 13.1. The Bertz CT molecular complexity index is 2810. The number of hydrogen-bond acceptors (Lipinski definition) is 3. The van der Waals surface area contributed by atoms with Crippen LogP contribution in [0.3, 0.4) is 0 Å². The molecule has 0 fully saturated rings.